The first-order valence-corrected chi connectivity index (χ1v) is 5.00. The minimum Gasteiger partial charge on any atom is -0.329 e. The topological polar surface area (TPSA) is 28.7 Å². The number of halogens is 1. The van der Waals surface area contributed by atoms with Gasteiger partial charge in [-0.15, -0.1) is 0 Å². The summed E-state index contributed by atoms with van der Waals surface area (Å²) in [5.74, 6) is 0. The maximum atomic E-state index is 5.78. The number of nitrogens with one attached hydrogen (secondary N) is 1. The second-order valence-electron chi connectivity index (χ2n) is 4.51. The van der Waals surface area contributed by atoms with Crippen LogP contribution in [0.1, 0.15) is 26.3 Å². The van der Waals surface area contributed by atoms with Crippen LogP contribution < -0.4 is 0 Å². The second kappa shape index (κ2) is 2.99. The Morgan fingerprint density at radius 1 is 1.29 bits per heavy atom. The van der Waals surface area contributed by atoms with Crippen molar-refractivity contribution >= 4 is 22.6 Å². The van der Waals surface area contributed by atoms with Gasteiger partial charge in [-0.1, -0.05) is 26.8 Å². The molecule has 2 rings (SSSR count). The molecule has 0 spiro atoms. The quantitative estimate of drug-likeness (QED) is 0.705. The van der Waals surface area contributed by atoms with Gasteiger partial charge in [-0.3, -0.25) is 0 Å². The van der Waals surface area contributed by atoms with Gasteiger partial charge in [0.1, 0.15) is 0 Å². The lowest BCUT2D eigenvalue weighted by molar-refractivity contribution is 0.591. The summed E-state index contributed by atoms with van der Waals surface area (Å²) in [6, 6.07) is 6.20. The molecule has 0 saturated carbocycles. The van der Waals surface area contributed by atoms with Gasteiger partial charge in [0.25, 0.3) is 0 Å². The first-order chi connectivity index (χ1) is 6.47. The Kier molecular flexibility index (Phi) is 2.04. The van der Waals surface area contributed by atoms with E-state index < -0.39 is 0 Å². The molecule has 0 radical (unpaired) electrons. The Hall–Kier alpha value is -1.02. The molecule has 2 nitrogen and oxygen atoms in total. The van der Waals surface area contributed by atoms with Crippen molar-refractivity contribution in [3.8, 4) is 0 Å². The largest absolute Gasteiger partial charge is 0.329 e. The molecule has 0 atom stereocenters. The van der Waals surface area contributed by atoms with E-state index in [9.17, 15) is 0 Å². The number of aromatic nitrogens is 2. The smallest absolute Gasteiger partial charge is 0.201 e. The first kappa shape index (κ1) is 9.53. The maximum Gasteiger partial charge on any atom is 0.201 e. The number of benzene rings is 1. The van der Waals surface area contributed by atoms with Crippen molar-refractivity contribution in [3.63, 3.8) is 0 Å². The Bertz CT molecular complexity index is 466. The summed E-state index contributed by atoms with van der Waals surface area (Å²) in [6.07, 6.45) is 0. The van der Waals surface area contributed by atoms with E-state index in [0.29, 0.717) is 5.28 Å². The van der Waals surface area contributed by atoms with Gasteiger partial charge in [0, 0.05) is 0 Å². The van der Waals surface area contributed by atoms with E-state index in [1.54, 1.807) is 0 Å². The van der Waals surface area contributed by atoms with Crippen molar-refractivity contribution in [1.82, 2.24) is 9.97 Å². The third-order valence-corrected chi connectivity index (χ3v) is 2.50. The van der Waals surface area contributed by atoms with Crippen LogP contribution in [0.2, 0.25) is 5.28 Å². The maximum absolute atomic E-state index is 5.78. The second-order valence-corrected chi connectivity index (χ2v) is 4.87. The summed E-state index contributed by atoms with van der Waals surface area (Å²) in [7, 11) is 0. The predicted molar refractivity (Wildman–Crippen MR) is 59.8 cm³/mol. The van der Waals surface area contributed by atoms with E-state index in [4.69, 9.17) is 11.6 Å². The van der Waals surface area contributed by atoms with E-state index >= 15 is 0 Å². The molecule has 0 amide bonds. The molecular weight excluding hydrogens is 196 g/mol. The molecule has 1 N–H and O–H groups in total. The van der Waals surface area contributed by atoms with E-state index in [-0.39, 0.29) is 5.41 Å². The van der Waals surface area contributed by atoms with Crippen LogP contribution in [0.3, 0.4) is 0 Å². The highest BCUT2D eigenvalue weighted by Crippen LogP contribution is 2.25. The monoisotopic (exact) mass is 208 g/mol. The lowest BCUT2D eigenvalue weighted by Crippen LogP contribution is -2.10. The zero-order chi connectivity index (χ0) is 10.3. The zero-order valence-electron chi connectivity index (χ0n) is 8.56. The number of hydrogen-bond donors (Lipinski definition) is 1. The molecule has 2 aromatic rings. The highest BCUT2D eigenvalue weighted by Gasteiger charge is 2.14. The number of nitrogens with zero attached hydrogens (tertiary/aromatic N) is 1. The third-order valence-electron chi connectivity index (χ3n) is 2.32. The van der Waals surface area contributed by atoms with Crippen LogP contribution in [-0.2, 0) is 5.41 Å². The molecule has 3 heteroatoms. The molecule has 0 bridgehead atoms. The first-order valence-electron chi connectivity index (χ1n) is 4.62. The number of hydrogen-bond acceptors (Lipinski definition) is 1. The molecule has 1 aromatic carbocycles. The van der Waals surface area contributed by atoms with Gasteiger partial charge in [-0.25, -0.2) is 4.98 Å². The Morgan fingerprint density at radius 3 is 2.64 bits per heavy atom. The summed E-state index contributed by atoms with van der Waals surface area (Å²) in [6.45, 7) is 6.56. The lowest BCUT2D eigenvalue weighted by atomic mass is 9.87. The molecule has 0 aliphatic rings. The summed E-state index contributed by atoms with van der Waals surface area (Å²) in [5.41, 5.74) is 3.36. The molecule has 74 valence electrons. The van der Waals surface area contributed by atoms with Gasteiger partial charge < -0.3 is 4.98 Å². The van der Waals surface area contributed by atoms with Gasteiger partial charge >= 0.3 is 0 Å². The number of aromatic amines is 1. The molecule has 0 aliphatic heterocycles. The Morgan fingerprint density at radius 2 is 2.00 bits per heavy atom. The molecular formula is C11H13ClN2. The molecule has 0 fully saturated rings. The van der Waals surface area contributed by atoms with Crippen LogP contribution >= 0.6 is 11.6 Å². The summed E-state index contributed by atoms with van der Waals surface area (Å²) < 4.78 is 0. The van der Waals surface area contributed by atoms with Crippen molar-refractivity contribution in [2.45, 2.75) is 26.2 Å². The van der Waals surface area contributed by atoms with Crippen molar-refractivity contribution in [2.24, 2.45) is 0 Å². The normalized spacial score (nSPS) is 12.3. The summed E-state index contributed by atoms with van der Waals surface area (Å²) in [5, 5.41) is 0.450. The fourth-order valence-corrected chi connectivity index (χ4v) is 1.64. The minimum absolute atomic E-state index is 0.159. The number of H-pyrrole nitrogens is 1. The van der Waals surface area contributed by atoms with Crippen LogP contribution in [0.25, 0.3) is 11.0 Å². The Labute approximate surface area is 88.3 Å². The van der Waals surface area contributed by atoms with E-state index in [1.807, 2.05) is 6.07 Å². The Balaban J connectivity index is 2.62. The average Bonchev–Trinajstić information content (AvgIpc) is 2.41. The van der Waals surface area contributed by atoms with Crippen LogP contribution in [0.4, 0.5) is 0 Å². The zero-order valence-corrected chi connectivity index (χ0v) is 9.31. The number of fused-ring (bicyclic) bond motifs is 1. The summed E-state index contributed by atoms with van der Waals surface area (Å²) in [4.78, 5) is 7.17. The van der Waals surface area contributed by atoms with Gasteiger partial charge in [-0.05, 0) is 34.7 Å². The molecule has 0 saturated heterocycles. The van der Waals surface area contributed by atoms with E-state index in [2.05, 4.69) is 42.9 Å². The lowest BCUT2D eigenvalue weighted by Gasteiger charge is -2.18. The van der Waals surface area contributed by atoms with Crippen molar-refractivity contribution in [2.75, 3.05) is 0 Å². The molecule has 14 heavy (non-hydrogen) atoms. The minimum atomic E-state index is 0.159. The SMILES string of the molecule is CC(C)(C)c1ccc2nc(Cl)[nH]c2c1. The fourth-order valence-electron chi connectivity index (χ4n) is 1.44. The molecule has 0 aliphatic carbocycles. The highest BCUT2D eigenvalue weighted by atomic mass is 35.5. The molecule has 0 unspecified atom stereocenters. The van der Waals surface area contributed by atoms with E-state index in [1.165, 1.54) is 5.56 Å². The number of rotatable bonds is 0. The van der Waals surface area contributed by atoms with Crippen molar-refractivity contribution in [1.29, 1.82) is 0 Å². The van der Waals surface area contributed by atoms with Crippen LogP contribution in [0.5, 0.6) is 0 Å². The van der Waals surface area contributed by atoms with Gasteiger partial charge in [0.05, 0.1) is 11.0 Å². The third kappa shape index (κ3) is 1.62. The molecule has 1 aromatic heterocycles. The predicted octanol–water partition coefficient (Wildman–Crippen LogP) is 3.51. The van der Waals surface area contributed by atoms with Crippen molar-refractivity contribution in [3.05, 3.63) is 29.0 Å². The summed E-state index contributed by atoms with van der Waals surface area (Å²) >= 11 is 5.78. The molecule has 1 heterocycles. The average molecular weight is 209 g/mol. The highest BCUT2D eigenvalue weighted by molar-refractivity contribution is 6.29. The van der Waals surface area contributed by atoms with Crippen LogP contribution in [0, 0.1) is 0 Å². The van der Waals surface area contributed by atoms with Gasteiger partial charge in [0.2, 0.25) is 5.28 Å². The van der Waals surface area contributed by atoms with Crippen molar-refractivity contribution < 1.29 is 0 Å². The van der Waals surface area contributed by atoms with E-state index in [0.717, 1.165) is 11.0 Å². The van der Waals surface area contributed by atoms with Gasteiger partial charge in [0.15, 0.2) is 0 Å². The van der Waals surface area contributed by atoms with Gasteiger partial charge in [-0.2, -0.15) is 0 Å². The van der Waals surface area contributed by atoms with Crippen LogP contribution in [-0.4, -0.2) is 9.97 Å². The standard InChI is InChI=1S/C11H13ClN2/c1-11(2,3)7-4-5-8-9(6-7)14-10(12)13-8/h4-6H,1-3H3,(H,13,14). The number of imidazole rings is 1. The van der Waals surface area contributed by atoms with Crippen LogP contribution in [0.15, 0.2) is 18.2 Å². The fraction of sp³-hybridized carbons (Fsp3) is 0.364.